The van der Waals surface area contributed by atoms with Crippen LogP contribution in [0.4, 0.5) is 8.78 Å². The Bertz CT molecular complexity index is 803. The molecule has 0 radical (unpaired) electrons. The molecule has 1 atom stereocenters. The van der Waals surface area contributed by atoms with Crippen LogP contribution in [-0.2, 0) is 17.1 Å². The van der Waals surface area contributed by atoms with E-state index in [1.807, 2.05) is 0 Å². The fraction of sp³-hybridized carbons (Fsp3) is 0.235. The van der Waals surface area contributed by atoms with Crippen LogP contribution < -0.4 is 9.97 Å². The summed E-state index contributed by atoms with van der Waals surface area (Å²) in [4.78, 5) is 12.1. The predicted octanol–water partition coefficient (Wildman–Crippen LogP) is 0.901. The van der Waals surface area contributed by atoms with Gasteiger partial charge in [-0.2, -0.15) is 8.78 Å². The van der Waals surface area contributed by atoms with E-state index in [-0.39, 0.29) is 17.7 Å². The highest BCUT2D eigenvalue weighted by molar-refractivity contribution is 6.46. The van der Waals surface area contributed by atoms with Gasteiger partial charge in [-0.05, 0) is 12.0 Å². The minimum atomic E-state index is -3.77. The molecule has 1 unspecified atom stereocenters. The first-order valence-corrected chi connectivity index (χ1v) is 7.87. The lowest BCUT2D eigenvalue weighted by Gasteiger charge is -2.30. The third kappa shape index (κ3) is 3.41. The van der Waals surface area contributed by atoms with Crippen molar-refractivity contribution in [1.82, 2.24) is 5.32 Å². The molecule has 0 aromatic heterocycles. The second-order valence-electron chi connectivity index (χ2n) is 5.94. The van der Waals surface area contributed by atoms with Gasteiger partial charge in [0.2, 0.25) is 0 Å². The third-order valence-corrected chi connectivity index (χ3v) is 4.17. The lowest BCUT2D eigenvalue weighted by molar-refractivity contribution is -0.147. The van der Waals surface area contributed by atoms with Crippen molar-refractivity contribution >= 4 is 13.0 Å². The molecule has 0 aliphatic carbocycles. The van der Waals surface area contributed by atoms with Crippen LogP contribution >= 0.6 is 0 Å². The number of amides is 1. The Morgan fingerprint density at radius 3 is 2.54 bits per heavy atom. The number of alkyl halides is 2. The Balaban J connectivity index is 1.79. The molecule has 0 spiro atoms. The van der Waals surface area contributed by atoms with Gasteiger partial charge in [-0.25, -0.2) is 0 Å². The molecule has 1 aliphatic heterocycles. The summed E-state index contributed by atoms with van der Waals surface area (Å²) >= 11 is 0. The van der Waals surface area contributed by atoms with Crippen LogP contribution in [0.3, 0.4) is 0 Å². The number of nitrogens with one attached hydrogen (secondary N) is 1. The SMILES string of the molecule is O=C(NC1Cc2cccc(C(O)O)c2OB1O)C(F)(F)c1ccccc1. The summed E-state index contributed by atoms with van der Waals surface area (Å²) in [5.74, 6) is -6.38. The molecule has 0 saturated heterocycles. The maximum Gasteiger partial charge on any atom is 0.547 e. The topological polar surface area (TPSA) is 99.0 Å². The maximum atomic E-state index is 14.3. The lowest BCUT2D eigenvalue weighted by Crippen LogP contribution is -2.55. The van der Waals surface area contributed by atoms with Crippen LogP contribution in [0, 0.1) is 0 Å². The van der Waals surface area contributed by atoms with Gasteiger partial charge in [-0.3, -0.25) is 4.79 Å². The quantitative estimate of drug-likeness (QED) is 0.478. The largest absolute Gasteiger partial charge is 0.547 e. The van der Waals surface area contributed by atoms with Crippen LogP contribution in [0.2, 0.25) is 0 Å². The molecule has 136 valence electrons. The number of carbonyl (C=O) groups is 1. The predicted molar refractivity (Wildman–Crippen MR) is 88.2 cm³/mol. The highest BCUT2D eigenvalue weighted by atomic mass is 19.3. The summed E-state index contributed by atoms with van der Waals surface area (Å²) in [6.07, 6.45) is -1.82. The van der Waals surface area contributed by atoms with Crippen molar-refractivity contribution in [3.05, 3.63) is 65.2 Å². The molecule has 1 amide bonds. The summed E-state index contributed by atoms with van der Waals surface area (Å²) in [7, 11) is -1.61. The molecule has 1 aliphatic rings. The zero-order chi connectivity index (χ0) is 18.9. The molecule has 0 bridgehead atoms. The van der Waals surface area contributed by atoms with Crippen molar-refractivity contribution in [2.45, 2.75) is 24.6 Å². The molecular formula is C17H16BF2NO5. The van der Waals surface area contributed by atoms with Gasteiger partial charge in [0.25, 0.3) is 5.91 Å². The number of benzene rings is 2. The van der Waals surface area contributed by atoms with E-state index in [2.05, 4.69) is 5.32 Å². The fourth-order valence-corrected chi connectivity index (χ4v) is 2.81. The Kier molecular flexibility index (Phi) is 4.95. The van der Waals surface area contributed by atoms with Crippen LogP contribution in [0.1, 0.15) is 23.0 Å². The van der Waals surface area contributed by atoms with Gasteiger partial charge in [-0.15, -0.1) is 0 Å². The van der Waals surface area contributed by atoms with E-state index in [0.29, 0.717) is 5.56 Å². The normalized spacial score (nSPS) is 16.8. The zero-order valence-corrected chi connectivity index (χ0v) is 13.5. The van der Waals surface area contributed by atoms with Crippen molar-refractivity contribution in [3.8, 4) is 5.75 Å². The summed E-state index contributed by atoms with van der Waals surface area (Å²) in [6.45, 7) is 0. The number of hydrogen-bond donors (Lipinski definition) is 4. The van der Waals surface area contributed by atoms with E-state index in [1.165, 1.54) is 24.3 Å². The number of fused-ring (bicyclic) bond motifs is 1. The highest BCUT2D eigenvalue weighted by Crippen LogP contribution is 2.34. The first kappa shape index (κ1) is 18.3. The molecule has 26 heavy (non-hydrogen) atoms. The Morgan fingerprint density at radius 1 is 1.19 bits per heavy atom. The molecule has 6 nitrogen and oxygen atoms in total. The maximum absolute atomic E-state index is 14.3. The standard InChI is InChI=1S/C17H16BF2NO5/c19-17(20,11-6-2-1-3-7-11)16(24)21-13-9-10-5-4-8-12(15(22)23)14(10)26-18(13)25/h1-8,13,15,22-23,25H,9H2,(H,21,24). The molecule has 2 aromatic rings. The van der Waals surface area contributed by atoms with Gasteiger partial charge in [0.05, 0.1) is 5.94 Å². The molecule has 2 aromatic carbocycles. The number of halogens is 2. The summed E-state index contributed by atoms with van der Waals surface area (Å²) in [6, 6.07) is 11.1. The van der Waals surface area contributed by atoms with E-state index in [0.717, 1.165) is 12.1 Å². The van der Waals surface area contributed by atoms with Crippen LogP contribution in [0.15, 0.2) is 48.5 Å². The van der Waals surface area contributed by atoms with Crippen molar-refractivity contribution in [2.75, 3.05) is 0 Å². The number of rotatable bonds is 4. The van der Waals surface area contributed by atoms with Gasteiger partial charge in [0.15, 0.2) is 6.29 Å². The first-order valence-electron chi connectivity index (χ1n) is 7.87. The van der Waals surface area contributed by atoms with E-state index in [9.17, 15) is 28.8 Å². The smallest absolute Gasteiger partial charge is 0.534 e. The Morgan fingerprint density at radius 2 is 1.88 bits per heavy atom. The summed E-state index contributed by atoms with van der Waals surface area (Å²) in [5.41, 5.74) is 0.0324. The monoisotopic (exact) mass is 363 g/mol. The Hall–Kier alpha value is -2.49. The molecule has 0 fully saturated rings. The average molecular weight is 363 g/mol. The summed E-state index contributed by atoms with van der Waals surface area (Å²) in [5, 5.41) is 30.8. The van der Waals surface area contributed by atoms with Gasteiger partial charge >= 0.3 is 13.0 Å². The molecule has 9 heteroatoms. The van der Waals surface area contributed by atoms with Crippen molar-refractivity contribution in [3.63, 3.8) is 0 Å². The molecule has 3 rings (SSSR count). The molecule has 4 N–H and O–H groups in total. The number of hydrogen-bond acceptors (Lipinski definition) is 5. The average Bonchev–Trinajstić information content (AvgIpc) is 2.62. The molecular weight excluding hydrogens is 347 g/mol. The van der Waals surface area contributed by atoms with E-state index in [1.54, 1.807) is 12.1 Å². The van der Waals surface area contributed by atoms with Gasteiger partial charge < -0.3 is 25.2 Å². The minimum absolute atomic E-state index is 0.00628. The van der Waals surface area contributed by atoms with Gasteiger partial charge in [0, 0.05) is 11.1 Å². The van der Waals surface area contributed by atoms with Crippen molar-refractivity contribution < 1.29 is 33.5 Å². The van der Waals surface area contributed by atoms with Crippen molar-refractivity contribution in [1.29, 1.82) is 0 Å². The van der Waals surface area contributed by atoms with Gasteiger partial charge in [0.1, 0.15) is 5.75 Å². The number of para-hydroxylation sites is 1. The molecule has 1 heterocycles. The minimum Gasteiger partial charge on any atom is -0.534 e. The first-order chi connectivity index (χ1) is 12.3. The second-order valence-corrected chi connectivity index (χ2v) is 5.94. The number of aliphatic hydroxyl groups excluding tert-OH is 1. The van der Waals surface area contributed by atoms with Gasteiger partial charge in [-0.1, -0.05) is 48.5 Å². The fourth-order valence-electron chi connectivity index (χ4n) is 2.81. The summed E-state index contributed by atoms with van der Waals surface area (Å²) < 4.78 is 33.8. The number of aliphatic hydroxyl groups is 2. The number of carbonyl (C=O) groups excluding carboxylic acids is 1. The van der Waals surface area contributed by atoms with Crippen LogP contribution in [0.25, 0.3) is 0 Å². The Labute approximate surface area is 148 Å². The van der Waals surface area contributed by atoms with E-state index in [4.69, 9.17) is 4.65 Å². The third-order valence-electron chi connectivity index (χ3n) is 4.17. The lowest BCUT2D eigenvalue weighted by atomic mass is 9.72. The molecule has 0 saturated carbocycles. The van der Waals surface area contributed by atoms with E-state index < -0.39 is 36.7 Å². The highest BCUT2D eigenvalue weighted by Gasteiger charge is 2.45. The second kappa shape index (κ2) is 7.03. The van der Waals surface area contributed by atoms with Crippen LogP contribution in [0.5, 0.6) is 5.75 Å². The zero-order valence-electron chi connectivity index (χ0n) is 13.5. The van der Waals surface area contributed by atoms with Crippen molar-refractivity contribution in [2.24, 2.45) is 0 Å². The van der Waals surface area contributed by atoms with Crippen LogP contribution in [-0.4, -0.2) is 34.2 Å². The van der Waals surface area contributed by atoms with E-state index >= 15 is 0 Å².